The van der Waals surface area contributed by atoms with Crippen LogP contribution in [0.2, 0.25) is 5.02 Å². The van der Waals surface area contributed by atoms with Crippen molar-refractivity contribution in [3.05, 3.63) is 39.5 Å². The van der Waals surface area contributed by atoms with E-state index in [0.717, 1.165) is 21.5 Å². The van der Waals surface area contributed by atoms with Gasteiger partial charge in [0, 0.05) is 28.4 Å². The Hall–Kier alpha value is -1.92. The molecule has 0 spiro atoms. The Morgan fingerprint density at radius 2 is 2.12 bits per heavy atom. The van der Waals surface area contributed by atoms with E-state index in [-0.39, 0.29) is 5.91 Å². The summed E-state index contributed by atoms with van der Waals surface area (Å²) >= 11 is 7.52. The fraction of sp³-hybridized carbons (Fsp3) is 0.353. The van der Waals surface area contributed by atoms with Crippen molar-refractivity contribution in [1.29, 1.82) is 0 Å². The van der Waals surface area contributed by atoms with Crippen LogP contribution in [-0.2, 0) is 6.54 Å². The van der Waals surface area contributed by atoms with Crippen LogP contribution in [0.4, 0.5) is 5.13 Å². The first kappa shape index (κ1) is 16.9. The van der Waals surface area contributed by atoms with E-state index in [2.05, 4.69) is 29.4 Å². The maximum absolute atomic E-state index is 12.8. The first-order chi connectivity index (χ1) is 11.4. The molecule has 0 saturated heterocycles. The highest BCUT2D eigenvalue weighted by atomic mass is 35.5. The average molecular weight is 363 g/mol. The number of nitrogens with one attached hydrogen (secondary N) is 1. The number of aromatic nitrogens is 3. The summed E-state index contributed by atoms with van der Waals surface area (Å²) in [7, 11) is 0. The van der Waals surface area contributed by atoms with E-state index in [1.807, 2.05) is 36.6 Å². The molecule has 0 bridgehead atoms. The highest BCUT2D eigenvalue weighted by Gasteiger charge is 2.21. The van der Waals surface area contributed by atoms with E-state index in [1.54, 1.807) is 0 Å². The van der Waals surface area contributed by atoms with Crippen LogP contribution in [0.5, 0.6) is 0 Å². The van der Waals surface area contributed by atoms with Crippen molar-refractivity contribution in [3.63, 3.8) is 0 Å². The zero-order valence-corrected chi connectivity index (χ0v) is 15.6. The van der Waals surface area contributed by atoms with Crippen LogP contribution in [0.25, 0.3) is 10.9 Å². The number of amides is 1. The molecule has 0 aliphatic carbocycles. The SMILES string of the molecule is CCn1c(C(=O)Nc2nnc(C(C)C)s2)c(C)c2cc(Cl)ccc21. The fourth-order valence-electron chi connectivity index (χ4n) is 2.79. The molecule has 1 amide bonds. The quantitative estimate of drug-likeness (QED) is 0.721. The molecule has 0 unspecified atom stereocenters. The van der Waals surface area contributed by atoms with Gasteiger partial charge < -0.3 is 4.57 Å². The van der Waals surface area contributed by atoms with E-state index in [4.69, 9.17) is 11.6 Å². The van der Waals surface area contributed by atoms with Crippen molar-refractivity contribution in [3.8, 4) is 0 Å². The number of nitrogens with zero attached hydrogens (tertiary/aromatic N) is 3. The molecule has 0 aliphatic rings. The van der Waals surface area contributed by atoms with Gasteiger partial charge in [0.25, 0.3) is 5.91 Å². The molecule has 0 aliphatic heterocycles. The minimum atomic E-state index is -0.173. The first-order valence-electron chi connectivity index (χ1n) is 7.85. The van der Waals surface area contributed by atoms with Crippen molar-refractivity contribution in [2.45, 2.75) is 40.2 Å². The topological polar surface area (TPSA) is 59.8 Å². The van der Waals surface area contributed by atoms with Crippen LogP contribution < -0.4 is 5.32 Å². The number of halogens is 1. The molecular formula is C17H19ClN4OS. The standard InChI is InChI=1S/C17H19ClN4OS/c1-5-22-13-7-6-11(18)8-12(13)10(4)14(22)15(23)19-17-21-20-16(24-17)9(2)3/h6-9H,5H2,1-4H3,(H,19,21,23). The zero-order valence-electron chi connectivity index (χ0n) is 14.1. The number of hydrogen-bond acceptors (Lipinski definition) is 4. The molecule has 3 aromatic rings. The van der Waals surface area contributed by atoms with Gasteiger partial charge in [0.1, 0.15) is 10.7 Å². The smallest absolute Gasteiger partial charge is 0.274 e. The summed E-state index contributed by atoms with van der Waals surface area (Å²) in [6, 6.07) is 5.70. The van der Waals surface area contributed by atoms with Crippen molar-refractivity contribution >= 4 is 44.9 Å². The number of fused-ring (bicyclic) bond motifs is 1. The van der Waals surface area contributed by atoms with E-state index < -0.39 is 0 Å². The van der Waals surface area contributed by atoms with Gasteiger partial charge in [-0.3, -0.25) is 10.1 Å². The van der Waals surface area contributed by atoms with Crippen molar-refractivity contribution in [2.24, 2.45) is 0 Å². The molecule has 0 fully saturated rings. The van der Waals surface area contributed by atoms with Gasteiger partial charge in [-0.25, -0.2) is 0 Å². The fourth-order valence-corrected chi connectivity index (χ4v) is 3.70. The number of carbonyl (C=O) groups is 1. The maximum Gasteiger partial charge on any atom is 0.274 e. The summed E-state index contributed by atoms with van der Waals surface area (Å²) in [5, 5.41) is 14.1. The summed E-state index contributed by atoms with van der Waals surface area (Å²) in [6.07, 6.45) is 0. The molecule has 0 radical (unpaired) electrons. The monoisotopic (exact) mass is 362 g/mol. The summed E-state index contributed by atoms with van der Waals surface area (Å²) in [5.41, 5.74) is 2.56. The van der Waals surface area contributed by atoms with Gasteiger partial charge >= 0.3 is 0 Å². The van der Waals surface area contributed by atoms with E-state index in [0.29, 0.717) is 28.3 Å². The second kappa shape index (κ2) is 6.53. The van der Waals surface area contributed by atoms with Gasteiger partial charge in [-0.1, -0.05) is 36.8 Å². The highest BCUT2D eigenvalue weighted by molar-refractivity contribution is 7.15. The highest BCUT2D eigenvalue weighted by Crippen LogP contribution is 2.29. The number of carbonyl (C=O) groups excluding carboxylic acids is 1. The lowest BCUT2D eigenvalue weighted by Gasteiger charge is -2.08. The van der Waals surface area contributed by atoms with Crippen LogP contribution in [0.15, 0.2) is 18.2 Å². The number of benzene rings is 1. The van der Waals surface area contributed by atoms with Gasteiger partial charge in [0.05, 0.1) is 0 Å². The summed E-state index contributed by atoms with van der Waals surface area (Å²) in [4.78, 5) is 12.8. The molecule has 24 heavy (non-hydrogen) atoms. The second-order valence-electron chi connectivity index (χ2n) is 5.93. The lowest BCUT2D eigenvalue weighted by Crippen LogP contribution is -2.17. The summed E-state index contributed by atoms with van der Waals surface area (Å²) in [5.74, 6) is 0.118. The summed E-state index contributed by atoms with van der Waals surface area (Å²) in [6.45, 7) is 8.76. The first-order valence-corrected chi connectivity index (χ1v) is 9.04. The van der Waals surface area contributed by atoms with Crippen LogP contribution >= 0.6 is 22.9 Å². The van der Waals surface area contributed by atoms with E-state index in [1.165, 1.54) is 11.3 Å². The van der Waals surface area contributed by atoms with Crippen LogP contribution in [0, 0.1) is 6.92 Å². The Bertz CT molecular complexity index is 913. The van der Waals surface area contributed by atoms with E-state index >= 15 is 0 Å². The molecule has 126 valence electrons. The number of anilines is 1. The van der Waals surface area contributed by atoms with Gasteiger partial charge in [-0.05, 0) is 37.6 Å². The number of rotatable bonds is 4. The lowest BCUT2D eigenvalue weighted by molar-refractivity contribution is 0.101. The third kappa shape index (κ3) is 2.91. The van der Waals surface area contributed by atoms with E-state index in [9.17, 15) is 4.79 Å². The number of hydrogen-bond donors (Lipinski definition) is 1. The van der Waals surface area contributed by atoms with Gasteiger partial charge in [0.15, 0.2) is 0 Å². The molecule has 1 aromatic carbocycles. The molecule has 2 heterocycles. The molecular weight excluding hydrogens is 344 g/mol. The molecule has 5 nitrogen and oxygen atoms in total. The Labute approximate surface area is 149 Å². The van der Waals surface area contributed by atoms with Crippen molar-refractivity contribution in [1.82, 2.24) is 14.8 Å². The molecule has 3 rings (SSSR count). The third-order valence-corrected chi connectivity index (χ3v) is 5.34. The molecule has 0 saturated carbocycles. The predicted molar refractivity (Wildman–Crippen MR) is 99.3 cm³/mol. The normalized spacial score (nSPS) is 11.4. The summed E-state index contributed by atoms with van der Waals surface area (Å²) < 4.78 is 2.00. The van der Waals surface area contributed by atoms with Gasteiger partial charge in [0.2, 0.25) is 5.13 Å². The maximum atomic E-state index is 12.8. The third-order valence-electron chi connectivity index (χ3n) is 3.96. The minimum absolute atomic E-state index is 0.173. The van der Waals surface area contributed by atoms with Crippen molar-refractivity contribution in [2.75, 3.05) is 5.32 Å². The van der Waals surface area contributed by atoms with Crippen LogP contribution in [0.1, 0.15) is 47.7 Å². The largest absolute Gasteiger partial charge is 0.337 e. The number of aryl methyl sites for hydroxylation is 2. The minimum Gasteiger partial charge on any atom is -0.337 e. The predicted octanol–water partition coefficient (Wildman–Crippen LogP) is 4.85. The Balaban J connectivity index is 2.01. The van der Waals surface area contributed by atoms with Gasteiger partial charge in [-0.15, -0.1) is 10.2 Å². The zero-order chi connectivity index (χ0) is 17.4. The molecule has 2 aromatic heterocycles. The average Bonchev–Trinajstić information content (AvgIpc) is 3.10. The van der Waals surface area contributed by atoms with Gasteiger partial charge in [-0.2, -0.15) is 0 Å². The molecule has 1 N–H and O–H groups in total. The van der Waals surface area contributed by atoms with Crippen molar-refractivity contribution < 1.29 is 4.79 Å². The lowest BCUT2D eigenvalue weighted by atomic mass is 10.1. The van der Waals surface area contributed by atoms with Crippen LogP contribution in [-0.4, -0.2) is 20.7 Å². The Morgan fingerprint density at radius 3 is 2.75 bits per heavy atom. The molecule has 0 atom stereocenters. The molecule has 7 heteroatoms. The van der Waals surface area contributed by atoms with Crippen LogP contribution in [0.3, 0.4) is 0 Å². The second-order valence-corrected chi connectivity index (χ2v) is 7.38. The Morgan fingerprint density at radius 1 is 1.38 bits per heavy atom. The Kier molecular flexibility index (Phi) is 4.60.